The van der Waals surface area contributed by atoms with Gasteiger partial charge in [-0.15, -0.1) is 0 Å². The quantitative estimate of drug-likeness (QED) is 0.707. The van der Waals surface area contributed by atoms with Crippen LogP contribution in [0.5, 0.6) is 0 Å². The van der Waals surface area contributed by atoms with Crippen molar-refractivity contribution in [3.8, 4) is 0 Å². The summed E-state index contributed by atoms with van der Waals surface area (Å²) in [5.41, 5.74) is 0.277. The Kier molecular flexibility index (Phi) is 2.08. The Bertz CT molecular complexity index is 333. The van der Waals surface area contributed by atoms with E-state index in [2.05, 4.69) is 4.98 Å². The van der Waals surface area contributed by atoms with Gasteiger partial charge in [-0.1, -0.05) is 0 Å². The maximum absolute atomic E-state index is 13.0. The molecule has 0 spiro atoms. The van der Waals surface area contributed by atoms with Crippen LogP contribution < -0.4 is 0 Å². The van der Waals surface area contributed by atoms with E-state index in [9.17, 15) is 9.18 Å². The minimum Gasteiger partial charge on any atom is -0.299 e. The van der Waals surface area contributed by atoms with Gasteiger partial charge in [0, 0.05) is 12.1 Å². The summed E-state index contributed by atoms with van der Waals surface area (Å²) in [6.45, 7) is 0. The van der Waals surface area contributed by atoms with Crippen molar-refractivity contribution in [3.05, 3.63) is 29.8 Å². The highest BCUT2D eigenvalue weighted by atomic mass is 19.1. The number of Topliss-reactive ketones (excluding diaryl/α,β-unsaturated/α-hetero) is 1. The van der Waals surface area contributed by atoms with Crippen LogP contribution in [-0.2, 0) is 11.2 Å². The third-order valence-electron chi connectivity index (χ3n) is 2.21. The van der Waals surface area contributed by atoms with Crippen LogP contribution in [0.3, 0.4) is 0 Å². The molecule has 1 aliphatic carbocycles. The summed E-state index contributed by atoms with van der Waals surface area (Å²) in [5, 5.41) is 0. The first-order chi connectivity index (χ1) is 6.27. The van der Waals surface area contributed by atoms with E-state index >= 15 is 0 Å². The van der Waals surface area contributed by atoms with Gasteiger partial charge in [-0.05, 0) is 25.0 Å². The first kappa shape index (κ1) is 8.35. The van der Waals surface area contributed by atoms with Crippen LogP contribution in [0.1, 0.15) is 18.5 Å². The highest BCUT2D eigenvalue weighted by Crippen LogP contribution is 2.30. The predicted octanol–water partition coefficient (Wildman–Crippen LogP) is 1.74. The molecule has 0 unspecified atom stereocenters. The van der Waals surface area contributed by atoms with Crippen LogP contribution in [-0.4, -0.2) is 10.8 Å². The van der Waals surface area contributed by atoms with Crippen molar-refractivity contribution >= 4 is 5.78 Å². The van der Waals surface area contributed by atoms with Gasteiger partial charge in [-0.25, -0.2) is 4.39 Å². The van der Waals surface area contributed by atoms with Gasteiger partial charge in [-0.2, -0.15) is 0 Å². The number of hydrogen-bond acceptors (Lipinski definition) is 2. The molecule has 3 heteroatoms. The Morgan fingerprint density at radius 2 is 2.38 bits per heavy atom. The normalized spacial score (nSPS) is 15.8. The lowest BCUT2D eigenvalue weighted by molar-refractivity contribution is -0.119. The largest absolute Gasteiger partial charge is 0.299 e. The van der Waals surface area contributed by atoms with E-state index in [1.165, 1.54) is 18.3 Å². The molecule has 1 saturated carbocycles. The van der Waals surface area contributed by atoms with Gasteiger partial charge >= 0.3 is 0 Å². The number of aromatic nitrogens is 1. The van der Waals surface area contributed by atoms with E-state index in [-0.39, 0.29) is 29.6 Å². The molecule has 0 radical (unpaired) electrons. The zero-order valence-corrected chi connectivity index (χ0v) is 7.16. The lowest BCUT2D eigenvalue weighted by Gasteiger charge is -1.99. The molecule has 0 bridgehead atoms. The fourth-order valence-electron chi connectivity index (χ4n) is 1.26. The van der Waals surface area contributed by atoms with Crippen LogP contribution in [0.4, 0.5) is 4.39 Å². The zero-order chi connectivity index (χ0) is 9.26. The summed E-state index contributed by atoms with van der Waals surface area (Å²) >= 11 is 0. The number of pyridine rings is 1. The summed E-state index contributed by atoms with van der Waals surface area (Å²) in [6, 6.07) is 2.86. The van der Waals surface area contributed by atoms with Crippen molar-refractivity contribution in [1.82, 2.24) is 4.98 Å². The van der Waals surface area contributed by atoms with E-state index in [0.717, 1.165) is 12.8 Å². The first-order valence-corrected chi connectivity index (χ1v) is 4.39. The Morgan fingerprint density at radius 1 is 1.62 bits per heavy atom. The van der Waals surface area contributed by atoms with Gasteiger partial charge in [0.2, 0.25) is 0 Å². The van der Waals surface area contributed by atoms with Gasteiger partial charge in [0.1, 0.15) is 11.6 Å². The predicted molar refractivity (Wildman–Crippen MR) is 45.6 cm³/mol. The van der Waals surface area contributed by atoms with Gasteiger partial charge in [0.05, 0.1) is 12.1 Å². The summed E-state index contributed by atoms with van der Waals surface area (Å²) < 4.78 is 13.0. The molecule has 68 valence electrons. The number of halogens is 1. The Hall–Kier alpha value is -1.25. The molecule has 1 fully saturated rings. The second kappa shape index (κ2) is 3.24. The Morgan fingerprint density at radius 3 is 3.00 bits per heavy atom. The van der Waals surface area contributed by atoms with Crippen molar-refractivity contribution in [3.63, 3.8) is 0 Å². The molecule has 0 aliphatic heterocycles. The molecule has 1 aliphatic rings. The maximum Gasteiger partial charge on any atom is 0.145 e. The van der Waals surface area contributed by atoms with Crippen LogP contribution in [0, 0.1) is 11.7 Å². The summed E-state index contributed by atoms with van der Waals surface area (Å²) in [7, 11) is 0. The van der Waals surface area contributed by atoms with Crippen molar-refractivity contribution in [1.29, 1.82) is 0 Å². The van der Waals surface area contributed by atoms with Crippen molar-refractivity contribution in [2.24, 2.45) is 5.92 Å². The average Bonchev–Trinajstić information content (AvgIpc) is 2.91. The summed E-state index contributed by atoms with van der Waals surface area (Å²) in [5.74, 6) is -0.0736. The molecule has 0 atom stereocenters. The molecular weight excluding hydrogens is 169 g/mol. The molecule has 1 heterocycles. The fraction of sp³-hybridized carbons (Fsp3) is 0.400. The van der Waals surface area contributed by atoms with Gasteiger partial charge in [0.15, 0.2) is 0 Å². The standard InChI is InChI=1S/C10H10FNO/c11-8-2-1-5-12-9(8)6-10(13)7-3-4-7/h1-2,5,7H,3-4,6H2. The first-order valence-electron chi connectivity index (χ1n) is 4.39. The molecule has 13 heavy (non-hydrogen) atoms. The Labute approximate surface area is 75.8 Å². The monoisotopic (exact) mass is 179 g/mol. The lowest BCUT2D eigenvalue weighted by atomic mass is 10.1. The number of rotatable bonds is 3. The van der Waals surface area contributed by atoms with Crippen LogP contribution >= 0.6 is 0 Å². The van der Waals surface area contributed by atoms with Gasteiger partial charge in [-0.3, -0.25) is 9.78 Å². The zero-order valence-electron chi connectivity index (χ0n) is 7.16. The molecule has 1 aromatic rings. The molecule has 0 saturated heterocycles. The molecule has 2 nitrogen and oxygen atoms in total. The molecular formula is C10H10FNO. The van der Waals surface area contributed by atoms with Crippen LogP contribution in [0.15, 0.2) is 18.3 Å². The number of ketones is 1. The third kappa shape index (κ3) is 1.91. The number of carbonyl (C=O) groups excluding carboxylic acids is 1. The highest BCUT2D eigenvalue weighted by Gasteiger charge is 2.29. The maximum atomic E-state index is 13.0. The topological polar surface area (TPSA) is 30.0 Å². The smallest absolute Gasteiger partial charge is 0.145 e. The lowest BCUT2D eigenvalue weighted by Crippen LogP contribution is -2.07. The molecule has 0 amide bonds. The summed E-state index contributed by atoms with van der Waals surface area (Å²) in [4.78, 5) is 15.2. The average molecular weight is 179 g/mol. The number of carbonyl (C=O) groups is 1. The Balaban J connectivity index is 2.08. The SMILES string of the molecule is O=C(Cc1ncccc1F)C1CC1. The third-order valence-corrected chi connectivity index (χ3v) is 2.21. The number of nitrogens with zero attached hydrogens (tertiary/aromatic N) is 1. The van der Waals surface area contributed by atoms with Gasteiger partial charge < -0.3 is 0 Å². The van der Waals surface area contributed by atoms with Crippen molar-refractivity contribution in [2.45, 2.75) is 19.3 Å². The van der Waals surface area contributed by atoms with E-state index in [0.29, 0.717) is 0 Å². The van der Waals surface area contributed by atoms with E-state index in [4.69, 9.17) is 0 Å². The molecule has 1 aromatic heterocycles. The summed E-state index contributed by atoms with van der Waals surface area (Å²) in [6.07, 6.45) is 3.59. The second-order valence-corrected chi connectivity index (χ2v) is 3.35. The number of hydrogen-bond donors (Lipinski definition) is 0. The van der Waals surface area contributed by atoms with Crippen LogP contribution in [0.25, 0.3) is 0 Å². The molecule has 0 N–H and O–H groups in total. The minimum absolute atomic E-state index is 0.123. The van der Waals surface area contributed by atoms with E-state index < -0.39 is 0 Å². The van der Waals surface area contributed by atoms with Gasteiger partial charge in [0.25, 0.3) is 0 Å². The van der Waals surface area contributed by atoms with Crippen molar-refractivity contribution in [2.75, 3.05) is 0 Å². The van der Waals surface area contributed by atoms with E-state index in [1.54, 1.807) is 0 Å². The molecule has 2 rings (SSSR count). The minimum atomic E-state index is -0.378. The van der Waals surface area contributed by atoms with E-state index in [1.807, 2.05) is 0 Å². The highest BCUT2D eigenvalue weighted by molar-refractivity contribution is 5.84. The fourth-order valence-corrected chi connectivity index (χ4v) is 1.26. The van der Waals surface area contributed by atoms with Crippen molar-refractivity contribution < 1.29 is 9.18 Å². The van der Waals surface area contributed by atoms with Crippen LogP contribution in [0.2, 0.25) is 0 Å². The molecule has 0 aromatic carbocycles. The second-order valence-electron chi connectivity index (χ2n) is 3.35.